The molecular formula is C19H18FNO2. The normalized spacial score (nSPS) is 10.4. The first-order chi connectivity index (χ1) is 10.8. The zero-order valence-corrected chi connectivity index (χ0v) is 13.3. The summed E-state index contributed by atoms with van der Waals surface area (Å²) < 4.78 is 18.6. The quantitative estimate of drug-likeness (QED) is 0.783. The van der Waals surface area contributed by atoms with Crippen molar-refractivity contribution in [3.63, 3.8) is 0 Å². The lowest BCUT2D eigenvalue weighted by Gasteiger charge is -2.19. The molecule has 0 unspecified atom stereocenters. The maximum absolute atomic E-state index is 13.5. The molecular weight excluding hydrogens is 293 g/mol. The van der Waals surface area contributed by atoms with E-state index in [0.29, 0.717) is 11.3 Å². The number of hydrogen-bond acceptors (Lipinski definition) is 2. The van der Waals surface area contributed by atoms with E-state index in [9.17, 15) is 9.18 Å². The van der Waals surface area contributed by atoms with Crippen LogP contribution >= 0.6 is 0 Å². The number of carbonyl (C=O) groups excluding carboxylic acids is 1. The van der Waals surface area contributed by atoms with Crippen molar-refractivity contribution >= 4 is 11.8 Å². The second kappa shape index (κ2) is 6.97. The van der Waals surface area contributed by atoms with E-state index in [2.05, 4.69) is 17.2 Å². The number of halogens is 1. The molecule has 0 saturated heterocycles. The van der Waals surface area contributed by atoms with E-state index in [1.54, 1.807) is 63.2 Å². The maximum atomic E-state index is 13.5. The molecule has 2 aromatic carbocycles. The SMILES string of the molecule is CC(C)(C)OC(=O)Nc1ccc(C#Cc2ccccc2F)cc1. The summed E-state index contributed by atoms with van der Waals surface area (Å²) in [6.45, 7) is 5.40. The Hall–Kier alpha value is -2.80. The summed E-state index contributed by atoms with van der Waals surface area (Å²) >= 11 is 0. The standard InChI is InChI=1S/C19H18FNO2/c1-19(2,3)23-18(22)21-16-12-9-14(10-13-16)8-11-15-6-4-5-7-17(15)20/h4-7,9-10,12-13H,1-3H3,(H,21,22). The van der Waals surface area contributed by atoms with Gasteiger partial charge in [-0.25, -0.2) is 9.18 Å². The molecule has 4 heteroatoms. The number of benzene rings is 2. The van der Waals surface area contributed by atoms with Crippen LogP contribution in [0.15, 0.2) is 48.5 Å². The van der Waals surface area contributed by atoms with Crippen LogP contribution in [0.3, 0.4) is 0 Å². The summed E-state index contributed by atoms with van der Waals surface area (Å²) in [5, 5.41) is 2.64. The van der Waals surface area contributed by atoms with Crippen molar-refractivity contribution < 1.29 is 13.9 Å². The maximum Gasteiger partial charge on any atom is 0.412 e. The fourth-order valence-corrected chi connectivity index (χ4v) is 1.76. The summed E-state index contributed by atoms with van der Waals surface area (Å²) in [6.07, 6.45) is -0.511. The van der Waals surface area contributed by atoms with E-state index in [0.717, 1.165) is 5.56 Å². The lowest BCUT2D eigenvalue weighted by atomic mass is 10.1. The van der Waals surface area contributed by atoms with Gasteiger partial charge < -0.3 is 4.74 Å². The number of nitrogens with one attached hydrogen (secondary N) is 1. The van der Waals surface area contributed by atoms with Crippen molar-refractivity contribution in [2.24, 2.45) is 0 Å². The third kappa shape index (κ3) is 5.48. The van der Waals surface area contributed by atoms with Gasteiger partial charge in [-0.05, 0) is 57.2 Å². The highest BCUT2D eigenvalue weighted by Gasteiger charge is 2.15. The zero-order chi connectivity index (χ0) is 16.9. The first kappa shape index (κ1) is 16.6. The minimum atomic E-state index is -0.546. The molecule has 0 saturated carbocycles. The molecule has 3 nitrogen and oxygen atoms in total. The fourth-order valence-electron chi connectivity index (χ4n) is 1.76. The molecule has 0 bridgehead atoms. The van der Waals surface area contributed by atoms with E-state index >= 15 is 0 Å². The van der Waals surface area contributed by atoms with E-state index in [1.165, 1.54) is 6.07 Å². The smallest absolute Gasteiger partial charge is 0.412 e. The van der Waals surface area contributed by atoms with Crippen LogP contribution in [0.4, 0.5) is 14.9 Å². The molecule has 0 aliphatic heterocycles. The van der Waals surface area contributed by atoms with Crippen LogP contribution in [0.1, 0.15) is 31.9 Å². The number of carbonyl (C=O) groups is 1. The molecule has 0 aliphatic carbocycles. The van der Waals surface area contributed by atoms with Crippen LogP contribution in [-0.2, 0) is 4.74 Å². The van der Waals surface area contributed by atoms with Gasteiger partial charge in [0, 0.05) is 11.3 Å². The first-order valence-electron chi connectivity index (χ1n) is 7.20. The summed E-state index contributed by atoms with van der Waals surface area (Å²) in [4.78, 5) is 11.7. The molecule has 1 amide bonds. The fraction of sp³-hybridized carbons (Fsp3) is 0.211. The summed E-state index contributed by atoms with van der Waals surface area (Å²) in [7, 11) is 0. The Morgan fingerprint density at radius 3 is 2.30 bits per heavy atom. The molecule has 0 aliphatic rings. The average Bonchev–Trinajstić information content (AvgIpc) is 2.46. The van der Waals surface area contributed by atoms with Crippen molar-refractivity contribution in [2.45, 2.75) is 26.4 Å². The number of anilines is 1. The Balaban J connectivity index is 2.03. The molecule has 1 N–H and O–H groups in total. The van der Waals surface area contributed by atoms with E-state index in [-0.39, 0.29) is 5.82 Å². The molecule has 23 heavy (non-hydrogen) atoms. The minimum Gasteiger partial charge on any atom is -0.444 e. The highest BCUT2D eigenvalue weighted by atomic mass is 19.1. The monoisotopic (exact) mass is 311 g/mol. The molecule has 0 atom stereocenters. The Bertz CT molecular complexity index is 749. The van der Waals surface area contributed by atoms with Gasteiger partial charge >= 0.3 is 6.09 Å². The Labute approximate surface area is 135 Å². The number of rotatable bonds is 1. The molecule has 118 valence electrons. The van der Waals surface area contributed by atoms with Crippen LogP contribution in [-0.4, -0.2) is 11.7 Å². The highest BCUT2D eigenvalue weighted by molar-refractivity contribution is 5.84. The van der Waals surface area contributed by atoms with Gasteiger partial charge in [0.05, 0.1) is 5.56 Å². The molecule has 2 rings (SSSR count). The number of amides is 1. The van der Waals surface area contributed by atoms with Crippen LogP contribution in [0.25, 0.3) is 0 Å². The second-order valence-corrected chi connectivity index (χ2v) is 5.93. The van der Waals surface area contributed by atoms with Crippen molar-refractivity contribution in [1.82, 2.24) is 0 Å². The molecule has 0 aromatic heterocycles. The van der Waals surface area contributed by atoms with Gasteiger partial charge in [0.15, 0.2) is 0 Å². The third-order valence-electron chi connectivity index (χ3n) is 2.75. The summed E-state index contributed by atoms with van der Waals surface area (Å²) in [6, 6.07) is 13.3. The van der Waals surface area contributed by atoms with Gasteiger partial charge in [0.2, 0.25) is 0 Å². The van der Waals surface area contributed by atoms with Crippen molar-refractivity contribution in [1.29, 1.82) is 0 Å². The Morgan fingerprint density at radius 2 is 1.70 bits per heavy atom. The van der Waals surface area contributed by atoms with E-state index in [4.69, 9.17) is 4.74 Å². The van der Waals surface area contributed by atoms with Crippen LogP contribution < -0.4 is 5.32 Å². The second-order valence-electron chi connectivity index (χ2n) is 5.93. The van der Waals surface area contributed by atoms with Crippen molar-refractivity contribution in [2.75, 3.05) is 5.32 Å². The lowest BCUT2D eigenvalue weighted by Crippen LogP contribution is -2.27. The lowest BCUT2D eigenvalue weighted by molar-refractivity contribution is 0.0636. The van der Waals surface area contributed by atoms with Crippen LogP contribution in [0, 0.1) is 17.7 Å². The van der Waals surface area contributed by atoms with Gasteiger partial charge in [0.1, 0.15) is 11.4 Å². The summed E-state index contributed by atoms with van der Waals surface area (Å²) in [5.74, 6) is 5.33. The zero-order valence-electron chi connectivity index (χ0n) is 13.3. The van der Waals surface area contributed by atoms with Crippen molar-refractivity contribution in [3.05, 3.63) is 65.5 Å². The van der Waals surface area contributed by atoms with Gasteiger partial charge in [0.25, 0.3) is 0 Å². The molecule has 0 spiro atoms. The van der Waals surface area contributed by atoms with Gasteiger partial charge in [-0.15, -0.1) is 0 Å². The van der Waals surface area contributed by atoms with Crippen LogP contribution in [0.2, 0.25) is 0 Å². The predicted molar refractivity (Wildman–Crippen MR) is 88.7 cm³/mol. The van der Waals surface area contributed by atoms with Crippen LogP contribution in [0.5, 0.6) is 0 Å². The number of hydrogen-bond donors (Lipinski definition) is 1. The Morgan fingerprint density at radius 1 is 1.04 bits per heavy atom. The average molecular weight is 311 g/mol. The Kier molecular flexibility index (Phi) is 5.02. The predicted octanol–water partition coefficient (Wildman–Crippen LogP) is 4.57. The van der Waals surface area contributed by atoms with Crippen molar-refractivity contribution in [3.8, 4) is 11.8 Å². The molecule has 0 heterocycles. The van der Waals surface area contributed by atoms with Gasteiger partial charge in [-0.1, -0.05) is 24.0 Å². The topological polar surface area (TPSA) is 38.3 Å². The highest BCUT2D eigenvalue weighted by Crippen LogP contribution is 2.13. The first-order valence-corrected chi connectivity index (χ1v) is 7.20. The molecule has 2 aromatic rings. The number of ether oxygens (including phenoxy) is 1. The van der Waals surface area contributed by atoms with Gasteiger partial charge in [-0.3, -0.25) is 5.32 Å². The molecule has 0 fully saturated rings. The van der Waals surface area contributed by atoms with E-state index in [1.807, 2.05) is 0 Å². The largest absolute Gasteiger partial charge is 0.444 e. The minimum absolute atomic E-state index is 0.344. The van der Waals surface area contributed by atoms with Gasteiger partial charge in [-0.2, -0.15) is 0 Å². The molecule has 0 radical (unpaired) electrons. The third-order valence-corrected chi connectivity index (χ3v) is 2.75. The van der Waals surface area contributed by atoms with E-state index < -0.39 is 11.7 Å². The summed E-state index contributed by atoms with van der Waals surface area (Å²) in [5.41, 5.74) is 1.14.